The van der Waals surface area contributed by atoms with Crippen molar-refractivity contribution in [1.82, 2.24) is 19.7 Å². The molecule has 32 heavy (non-hydrogen) atoms. The van der Waals surface area contributed by atoms with Crippen molar-refractivity contribution in [2.24, 2.45) is 0 Å². The van der Waals surface area contributed by atoms with Gasteiger partial charge in [0.1, 0.15) is 12.1 Å². The highest BCUT2D eigenvalue weighted by molar-refractivity contribution is 7.99. The first-order valence-corrected chi connectivity index (χ1v) is 11.7. The van der Waals surface area contributed by atoms with Gasteiger partial charge in [-0.05, 0) is 42.7 Å². The monoisotopic (exact) mass is 454 g/mol. The van der Waals surface area contributed by atoms with Crippen molar-refractivity contribution >= 4 is 17.7 Å². The second-order valence-corrected chi connectivity index (χ2v) is 8.67. The summed E-state index contributed by atoms with van der Waals surface area (Å²) in [6, 6.07) is 12.4. The Hall–Kier alpha value is -3.07. The van der Waals surface area contributed by atoms with Crippen molar-refractivity contribution in [2.75, 3.05) is 25.5 Å². The van der Waals surface area contributed by atoms with Crippen molar-refractivity contribution in [3.05, 3.63) is 60.2 Å². The number of carbonyl (C=O) groups excluding carboxylic acids is 1. The molecule has 0 aliphatic carbocycles. The van der Waals surface area contributed by atoms with Gasteiger partial charge in [-0.1, -0.05) is 30.0 Å². The predicted molar refractivity (Wildman–Crippen MR) is 118 cm³/mol. The molecule has 0 spiro atoms. The van der Waals surface area contributed by atoms with Crippen molar-refractivity contribution in [2.45, 2.75) is 30.5 Å². The lowest BCUT2D eigenvalue weighted by molar-refractivity contribution is -0.129. The van der Waals surface area contributed by atoms with Crippen molar-refractivity contribution in [1.29, 1.82) is 0 Å². The van der Waals surface area contributed by atoms with E-state index >= 15 is 0 Å². The molecule has 5 rings (SSSR count). The number of hydrogen-bond donors (Lipinski definition) is 0. The lowest BCUT2D eigenvalue weighted by atomic mass is 10.0. The SMILES string of the molecule is O=C(CSc1nncn1-c1ccccc1F)N1CCCC1c1ccc2c(c1)OCCCO2. The van der Waals surface area contributed by atoms with Crippen molar-refractivity contribution in [3.8, 4) is 17.2 Å². The molecule has 0 N–H and O–H groups in total. The molecule has 0 radical (unpaired) electrons. The van der Waals surface area contributed by atoms with Gasteiger partial charge in [0, 0.05) is 13.0 Å². The van der Waals surface area contributed by atoms with Crippen LogP contribution >= 0.6 is 11.8 Å². The Labute approximate surface area is 189 Å². The molecule has 9 heteroatoms. The first-order chi connectivity index (χ1) is 15.7. The Balaban J connectivity index is 1.29. The predicted octanol–water partition coefficient (Wildman–Crippen LogP) is 4.02. The quantitative estimate of drug-likeness (QED) is 0.543. The molecule has 0 bridgehead atoms. The van der Waals surface area contributed by atoms with Gasteiger partial charge in [0.2, 0.25) is 5.91 Å². The number of halogens is 1. The van der Waals surface area contributed by atoms with E-state index in [2.05, 4.69) is 10.2 Å². The smallest absolute Gasteiger partial charge is 0.233 e. The topological polar surface area (TPSA) is 69.5 Å². The standard InChI is InChI=1S/C23H23FN4O3S/c24-17-5-1-2-6-19(17)28-15-25-26-23(28)32-14-22(29)27-10-3-7-18(27)16-8-9-20-21(13-16)31-12-4-11-30-20/h1-2,5-6,8-9,13,15,18H,3-4,7,10-12,14H2. The van der Waals surface area contributed by atoms with Crippen LogP contribution in [-0.2, 0) is 4.79 Å². The van der Waals surface area contributed by atoms with Crippen LogP contribution in [0.2, 0.25) is 0 Å². The molecule has 1 fully saturated rings. The number of nitrogens with zero attached hydrogens (tertiary/aromatic N) is 4. The summed E-state index contributed by atoms with van der Waals surface area (Å²) in [5, 5.41) is 8.46. The van der Waals surface area contributed by atoms with Gasteiger partial charge in [0.25, 0.3) is 0 Å². The van der Waals surface area contributed by atoms with E-state index in [1.54, 1.807) is 22.8 Å². The summed E-state index contributed by atoms with van der Waals surface area (Å²) in [5.41, 5.74) is 1.42. The summed E-state index contributed by atoms with van der Waals surface area (Å²) < 4.78 is 27.3. The number of likely N-dealkylation sites (tertiary alicyclic amines) is 1. The summed E-state index contributed by atoms with van der Waals surface area (Å²) in [7, 11) is 0. The van der Waals surface area contributed by atoms with Crippen LogP contribution in [0.25, 0.3) is 5.69 Å². The lowest BCUT2D eigenvalue weighted by Crippen LogP contribution is -2.32. The highest BCUT2D eigenvalue weighted by Gasteiger charge is 2.31. The summed E-state index contributed by atoms with van der Waals surface area (Å²) in [4.78, 5) is 15.0. The van der Waals surface area contributed by atoms with Gasteiger partial charge in [-0.3, -0.25) is 9.36 Å². The molecule has 1 saturated heterocycles. The van der Waals surface area contributed by atoms with Gasteiger partial charge in [-0.2, -0.15) is 0 Å². The third-order valence-corrected chi connectivity index (χ3v) is 6.61. The number of benzene rings is 2. The molecule has 1 atom stereocenters. The average Bonchev–Trinajstić information content (AvgIpc) is 3.42. The number of para-hydroxylation sites is 1. The number of hydrogen-bond acceptors (Lipinski definition) is 6. The Morgan fingerprint density at radius 3 is 2.84 bits per heavy atom. The normalized spacial score (nSPS) is 17.9. The molecule has 2 aromatic carbocycles. The molecule has 3 heterocycles. The maximum Gasteiger partial charge on any atom is 0.233 e. The average molecular weight is 455 g/mol. The minimum atomic E-state index is -0.366. The molecule has 1 aromatic heterocycles. The van der Waals surface area contributed by atoms with E-state index < -0.39 is 0 Å². The van der Waals surface area contributed by atoms with E-state index in [4.69, 9.17) is 9.47 Å². The zero-order chi connectivity index (χ0) is 21.9. The van der Waals surface area contributed by atoms with Gasteiger partial charge in [-0.15, -0.1) is 10.2 Å². The van der Waals surface area contributed by atoms with Crippen LogP contribution in [-0.4, -0.2) is 51.1 Å². The number of thioether (sulfide) groups is 1. The number of rotatable bonds is 5. The van der Waals surface area contributed by atoms with Gasteiger partial charge in [-0.25, -0.2) is 4.39 Å². The molecule has 1 amide bonds. The lowest BCUT2D eigenvalue weighted by Gasteiger charge is -2.25. The summed E-state index contributed by atoms with van der Waals surface area (Å²) >= 11 is 1.26. The third-order valence-electron chi connectivity index (χ3n) is 5.68. The fraction of sp³-hybridized carbons (Fsp3) is 0.348. The van der Waals surface area contributed by atoms with E-state index in [-0.39, 0.29) is 23.5 Å². The second kappa shape index (κ2) is 9.20. The number of carbonyl (C=O) groups is 1. The Morgan fingerprint density at radius 1 is 1.12 bits per heavy atom. The van der Waals surface area contributed by atoms with E-state index in [0.29, 0.717) is 30.6 Å². The molecule has 7 nitrogen and oxygen atoms in total. The fourth-order valence-electron chi connectivity index (χ4n) is 4.14. The molecule has 1 unspecified atom stereocenters. The van der Waals surface area contributed by atoms with Gasteiger partial charge >= 0.3 is 0 Å². The largest absolute Gasteiger partial charge is 0.490 e. The van der Waals surface area contributed by atoms with Gasteiger partial charge < -0.3 is 14.4 Å². The molecular formula is C23H23FN4O3S. The third kappa shape index (κ3) is 4.17. The number of ether oxygens (including phenoxy) is 2. The van der Waals surface area contributed by atoms with Crippen LogP contribution in [0.4, 0.5) is 4.39 Å². The minimum absolute atomic E-state index is 0.00434. The molecule has 3 aromatic rings. The highest BCUT2D eigenvalue weighted by atomic mass is 32.2. The van der Waals surface area contributed by atoms with Crippen LogP contribution in [0.1, 0.15) is 30.9 Å². The van der Waals surface area contributed by atoms with Crippen LogP contribution in [0.15, 0.2) is 53.9 Å². The van der Waals surface area contributed by atoms with Crippen LogP contribution < -0.4 is 9.47 Å². The molecule has 2 aliphatic heterocycles. The summed E-state index contributed by atoms with van der Waals surface area (Å²) in [6.45, 7) is 1.98. The first-order valence-electron chi connectivity index (χ1n) is 10.7. The van der Waals surface area contributed by atoms with Crippen LogP contribution in [0.5, 0.6) is 11.5 Å². The summed E-state index contributed by atoms with van der Waals surface area (Å²) in [6.07, 6.45) is 4.16. The van der Waals surface area contributed by atoms with Crippen molar-refractivity contribution < 1.29 is 18.7 Å². The fourth-order valence-corrected chi connectivity index (χ4v) is 4.95. The number of amides is 1. The number of fused-ring (bicyclic) bond motifs is 1. The zero-order valence-corrected chi connectivity index (χ0v) is 18.3. The zero-order valence-electron chi connectivity index (χ0n) is 17.4. The Bertz CT molecular complexity index is 1120. The maximum atomic E-state index is 14.2. The van der Waals surface area contributed by atoms with Gasteiger partial charge in [0.15, 0.2) is 16.7 Å². The molecule has 166 valence electrons. The van der Waals surface area contributed by atoms with E-state index in [1.807, 2.05) is 23.1 Å². The Kier molecular flexibility index (Phi) is 5.98. The Morgan fingerprint density at radius 2 is 1.97 bits per heavy atom. The number of aromatic nitrogens is 3. The molecular weight excluding hydrogens is 431 g/mol. The van der Waals surface area contributed by atoms with E-state index in [0.717, 1.165) is 36.3 Å². The van der Waals surface area contributed by atoms with E-state index in [1.165, 1.54) is 24.2 Å². The summed E-state index contributed by atoms with van der Waals surface area (Å²) in [5.74, 6) is 1.35. The van der Waals surface area contributed by atoms with Gasteiger partial charge in [0.05, 0.1) is 30.7 Å². The molecule has 2 aliphatic rings. The van der Waals surface area contributed by atoms with E-state index in [9.17, 15) is 9.18 Å². The highest BCUT2D eigenvalue weighted by Crippen LogP contribution is 2.38. The second-order valence-electron chi connectivity index (χ2n) is 7.73. The maximum absolute atomic E-state index is 14.2. The van der Waals surface area contributed by atoms with Crippen molar-refractivity contribution in [3.63, 3.8) is 0 Å². The van der Waals surface area contributed by atoms with Crippen LogP contribution in [0, 0.1) is 5.82 Å². The first kappa shape index (κ1) is 20.8. The van der Waals surface area contributed by atoms with Crippen LogP contribution in [0.3, 0.4) is 0 Å². The molecule has 0 saturated carbocycles. The minimum Gasteiger partial charge on any atom is -0.490 e.